The van der Waals surface area contributed by atoms with E-state index in [9.17, 15) is 21.6 Å². The Bertz CT molecular complexity index is 1000. The molecule has 2 N–H and O–H groups in total. The lowest BCUT2D eigenvalue weighted by Crippen LogP contribution is -2.59. The lowest BCUT2D eigenvalue weighted by atomic mass is 10.0. The zero-order valence-electron chi connectivity index (χ0n) is 16.2. The second-order valence-corrected chi connectivity index (χ2v) is 11.8. The van der Waals surface area contributed by atoms with Crippen LogP contribution >= 0.6 is 12.4 Å². The predicted octanol–water partition coefficient (Wildman–Crippen LogP) is 0.244. The summed E-state index contributed by atoms with van der Waals surface area (Å²) in [5.41, 5.74) is 6.46. The van der Waals surface area contributed by atoms with Gasteiger partial charge in [0, 0.05) is 0 Å². The van der Waals surface area contributed by atoms with Gasteiger partial charge in [0.05, 0.1) is 29.4 Å². The summed E-state index contributed by atoms with van der Waals surface area (Å²) >= 11 is 0. The van der Waals surface area contributed by atoms with Crippen LogP contribution in [0.15, 0.2) is 24.3 Å². The van der Waals surface area contributed by atoms with E-state index in [0.29, 0.717) is 11.3 Å². The number of hydrogen-bond acceptors (Lipinski definition) is 8. The maximum atomic E-state index is 13.0. The van der Waals surface area contributed by atoms with E-state index >= 15 is 0 Å². The first kappa shape index (κ1) is 25.2. The number of carbonyl (C=O) groups is 1. The Labute approximate surface area is 177 Å². The minimum Gasteiger partial charge on any atom is -0.497 e. The van der Waals surface area contributed by atoms with Gasteiger partial charge in [0.15, 0.2) is 19.7 Å². The molecular weight excluding hydrogens is 442 g/mol. The molecule has 12 heteroatoms. The van der Waals surface area contributed by atoms with Crippen molar-refractivity contribution in [1.82, 2.24) is 4.90 Å². The topological polar surface area (TPSA) is 148 Å². The highest BCUT2D eigenvalue weighted by molar-refractivity contribution is 7.92. The molecule has 1 aliphatic heterocycles. The number of amides is 1. The first-order chi connectivity index (χ1) is 12.8. The summed E-state index contributed by atoms with van der Waals surface area (Å²) in [6.07, 6.45) is 0. The molecule has 0 unspecified atom stereocenters. The Kier molecular flexibility index (Phi) is 7.70. The molecule has 162 valence electrons. The van der Waals surface area contributed by atoms with Gasteiger partial charge in [-0.05, 0) is 31.5 Å². The summed E-state index contributed by atoms with van der Waals surface area (Å²) in [5.74, 6) is -1.79. The van der Waals surface area contributed by atoms with Crippen molar-refractivity contribution in [2.24, 2.45) is 5.73 Å². The van der Waals surface area contributed by atoms with Gasteiger partial charge in [0.1, 0.15) is 23.7 Å². The number of nitrogens with zero attached hydrogens (tertiary/aromatic N) is 2. The third-order valence-electron chi connectivity index (χ3n) is 4.89. The smallest absolute Gasteiger partial charge is 0.243 e. The number of nitriles is 1. The summed E-state index contributed by atoms with van der Waals surface area (Å²) in [6.45, 7) is 2.64. The van der Waals surface area contributed by atoms with E-state index in [2.05, 4.69) is 0 Å². The van der Waals surface area contributed by atoms with Crippen molar-refractivity contribution in [2.75, 3.05) is 18.7 Å². The summed E-state index contributed by atoms with van der Waals surface area (Å²) in [5, 5.41) is 9.12. The van der Waals surface area contributed by atoms with Crippen LogP contribution in [0.3, 0.4) is 0 Å². The maximum Gasteiger partial charge on any atom is 0.243 e. The highest BCUT2D eigenvalue weighted by Crippen LogP contribution is 2.28. The zero-order chi connectivity index (χ0) is 21.3. The standard InChI is InChI=1S/C17H23N3O6S2.ClH/c1-17(2,28(24,25)9-12-4-6-14(26-3)7-5-12)15(19)16(21)20-11-27(22,23)10-13(20)8-18;/h4-7,13,15H,9-11,19H2,1-3H3;1H/t13-,15-;/m1./s1. The highest BCUT2D eigenvalue weighted by atomic mass is 35.5. The maximum absolute atomic E-state index is 13.0. The van der Waals surface area contributed by atoms with Crippen LogP contribution in [0.25, 0.3) is 0 Å². The molecule has 9 nitrogen and oxygen atoms in total. The Hall–Kier alpha value is -1.87. The fourth-order valence-corrected chi connectivity index (χ4v) is 5.87. The zero-order valence-corrected chi connectivity index (χ0v) is 18.7. The molecule has 0 spiro atoms. The lowest BCUT2D eigenvalue weighted by Gasteiger charge is -2.33. The molecule has 1 aromatic rings. The summed E-state index contributed by atoms with van der Waals surface area (Å²) in [6, 6.07) is 5.48. The minimum atomic E-state index is -3.90. The molecule has 1 amide bonds. The van der Waals surface area contributed by atoms with Gasteiger partial charge in [-0.2, -0.15) is 5.26 Å². The van der Waals surface area contributed by atoms with Crippen LogP contribution in [0.4, 0.5) is 0 Å². The van der Waals surface area contributed by atoms with Gasteiger partial charge in [0.25, 0.3) is 0 Å². The number of methoxy groups -OCH3 is 1. The molecule has 0 aliphatic carbocycles. The Balaban J connectivity index is 0.00000420. The van der Waals surface area contributed by atoms with Crippen molar-refractivity contribution < 1.29 is 26.4 Å². The van der Waals surface area contributed by atoms with Gasteiger partial charge < -0.3 is 15.4 Å². The van der Waals surface area contributed by atoms with Crippen molar-refractivity contribution in [3.05, 3.63) is 29.8 Å². The van der Waals surface area contributed by atoms with Gasteiger partial charge in [-0.3, -0.25) is 4.79 Å². The molecule has 1 heterocycles. The SMILES string of the molecule is COc1ccc(CS(=O)(=O)C(C)(C)[C@H](N)C(=O)N2CS(=O)(=O)C[C@H]2C#N)cc1.Cl. The Morgan fingerprint density at radius 2 is 1.93 bits per heavy atom. The molecule has 1 aliphatic rings. The van der Waals surface area contributed by atoms with Crippen molar-refractivity contribution in [3.8, 4) is 11.8 Å². The normalized spacial score (nSPS) is 19.7. The second-order valence-electron chi connectivity index (χ2n) is 7.18. The fourth-order valence-electron chi connectivity index (χ4n) is 2.81. The van der Waals surface area contributed by atoms with Crippen LogP contribution in [0.2, 0.25) is 0 Å². The van der Waals surface area contributed by atoms with Gasteiger partial charge in [-0.1, -0.05) is 12.1 Å². The quantitative estimate of drug-likeness (QED) is 0.628. The van der Waals surface area contributed by atoms with E-state index < -0.39 is 54.0 Å². The van der Waals surface area contributed by atoms with Crippen LogP contribution in [0, 0.1) is 11.3 Å². The second kappa shape index (κ2) is 8.87. The van der Waals surface area contributed by atoms with E-state index in [1.165, 1.54) is 21.0 Å². The molecule has 0 radical (unpaired) electrons. The van der Waals surface area contributed by atoms with Crippen LogP contribution in [-0.4, -0.2) is 63.2 Å². The summed E-state index contributed by atoms with van der Waals surface area (Å²) in [4.78, 5) is 13.6. The van der Waals surface area contributed by atoms with E-state index in [4.69, 9.17) is 15.7 Å². The average molecular weight is 466 g/mol. The Morgan fingerprint density at radius 3 is 2.41 bits per heavy atom. The molecule has 0 saturated carbocycles. The Morgan fingerprint density at radius 1 is 1.38 bits per heavy atom. The average Bonchev–Trinajstić information content (AvgIpc) is 2.95. The number of carbonyl (C=O) groups excluding carboxylic acids is 1. The number of hydrogen-bond donors (Lipinski definition) is 1. The molecule has 1 saturated heterocycles. The highest BCUT2D eigenvalue weighted by Gasteiger charge is 2.48. The van der Waals surface area contributed by atoms with Crippen molar-refractivity contribution in [1.29, 1.82) is 5.26 Å². The molecule has 0 bridgehead atoms. The third kappa shape index (κ3) is 5.19. The van der Waals surface area contributed by atoms with Crippen LogP contribution in [-0.2, 0) is 30.2 Å². The van der Waals surface area contributed by atoms with Crippen LogP contribution in [0.1, 0.15) is 19.4 Å². The molecule has 29 heavy (non-hydrogen) atoms. The van der Waals surface area contributed by atoms with E-state index in [1.807, 2.05) is 0 Å². The molecule has 0 aromatic heterocycles. The van der Waals surface area contributed by atoms with E-state index in [0.717, 1.165) is 4.90 Å². The minimum absolute atomic E-state index is 0. The van der Waals surface area contributed by atoms with Gasteiger partial charge in [-0.15, -0.1) is 12.4 Å². The first-order valence-electron chi connectivity index (χ1n) is 8.36. The predicted molar refractivity (Wildman–Crippen MR) is 110 cm³/mol. The molecule has 2 atom stereocenters. The fraction of sp³-hybridized carbons (Fsp3) is 0.529. The van der Waals surface area contributed by atoms with Crippen molar-refractivity contribution in [2.45, 2.75) is 36.4 Å². The third-order valence-corrected chi connectivity index (χ3v) is 8.95. The lowest BCUT2D eigenvalue weighted by molar-refractivity contribution is -0.132. The molecule has 2 rings (SSSR count). The first-order valence-corrected chi connectivity index (χ1v) is 11.8. The number of ether oxygens (including phenoxy) is 1. The molecular formula is C17H24ClN3O6S2. The van der Waals surface area contributed by atoms with Gasteiger partial charge in [-0.25, -0.2) is 16.8 Å². The number of nitrogens with two attached hydrogens (primary N) is 1. The number of halogens is 1. The van der Waals surface area contributed by atoms with E-state index in [1.54, 1.807) is 30.3 Å². The largest absolute Gasteiger partial charge is 0.497 e. The number of rotatable bonds is 6. The van der Waals surface area contributed by atoms with Gasteiger partial charge >= 0.3 is 0 Å². The van der Waals surface area contributed by atoms with E-state index in [-0.39, 0.29) is 18.2 Å². The van der Waals surface area contributed by atoms with Crippen LogP contribution in [0.5, 0.6) is 5.75 Å². The van der Waals surface area contributed by atoms with Crippen molar-refractivity contribution >= 4 is 38.0 Å². The van der Waals surface area contributed by atoms with Crippen LogP contribution < -0.4 is 10.5 Å². The molecule has 1 fully saturated rings. The number of sulfone groups is 2. The summed E-state index contributed by atoms with van der Waals surface area (Å²) in [7, 11) is -6.02. The monoisotopic (exact) mass is 465 g/mol. The van der Waals surface area contributed by atoms with Crippen molar-refractivity contribution in [3.63, 3.8) is 0 Å². The molecule has 1 aromatic carbocycles. The van der Waals surface area contributed by atoms with Gasteiger partial charge in [0.2, 0.25) is 5.91 Å². The number of benzene rings is 1. The summed E-state index contributed by atoms with van der Waals surface area (Å²) < 4.78 is 52.8.